The summed E-state index contributed by atoms with van der Waals surface area (Å²) < 4.78 is 36.8. The summed E-state index contributed by atoms with van der Waals surface area (Å²) in [6.45, 7) is 0. The molecule has 0 radical (unpaired) electrons. The van der Waals surface area contributed by atoms with Gasteiger partial charge in [0.2, 0.25) is 6.17 Å². The average molecular weight is 208 g/mol. The fourth-order valence-corrected chi connectivity index (χ4v) is 1.03. The van der Waals surface area contributed by atoms with Gasteiger partial charge in [0, 0.05) is 14.1 Å². The van der Waals surface area contributed by atoms with E-state index in [1.165, 1.54) is 4.90 Å². The topological polar surface area (TPSA) is 51.5 Å². The number of hydrogen-bond donors (Lipinski definition) is 2. The van der Waals surface area contributed by atoms with Crippen molar-refractivity contribution < 1.29 is 13.2 Å². The van der Waals surface area contributed by atoms with Gasteiger partial charge in [0.1, 0.15) is 11.7 Å². The minimum absolute atomic E-state index is 0.111. The van der Waals surface area contributed by atoms with Gasteiger partial charge in [-0.3, -0.25) is 5.41 Å². The van der Waals surface area contributed by atoms with Gasteiger partial charge in [-0.15, -0.1) is 0 Å². The first-order chi connectivity index (χ1) is 6.30. The number of nitrogens with one attached hydrogen (secondary N) is 2. The number of nitrogens with zero attached hydrogens (tertiary/aromatic N) is 2. The second-order valence-corrected chi connectivity index (χ2v) is 3.18. The van der Waals surface area contributed by atoms with Gasteiger partial charge in [-0.25, -0.2) is 4.99 Å². The molecular formula is C7H11F3N4. The van der Waals surface area contributed by atoms with Gasteiger partial charge in [0.15, 0.2) is 0 Å². The molecule has 0 aliphatic carbocycles. The van der Waals surface area contributed by atoms with Crippen LogP contribution in [0.3, 0.4) is 0 Å². The molecule has 0 bridgehead atoms. The second kappa shape index (κ2) is 3.47. The van der Waals surface area contributed by atoms with Crippen molar-refractivity contribution in [3.8, 4) is 0 Å². The Bertz CT molecular complexity index is 269. The third-order valence-electron chi connectivity index (χ3n) is 1.75. The minimum Gasteiger partial charge on any atom is -0.366 e. The Kier molecular flexibility index (Phi) is 2.68. The lowest BCUT2D eigenvalue weighted by Gasteiger charge is -2.28. The van der Waals surface area contributed by atoms with Crippen LogP contribution in [-0.2, 0) is 0 Å². The van der Waals surface area contributed by atoms with Crippen LogP contribution >= 0.6 is 0 Å². The first kappa shape index (κ1) is 10.8. The molecule has 0 aromatic carbocycles. The number of hydrogen-bond acceptors (Lipinski definition) is 3. The summed E-state index contributed by atoms with van der Waals surface area (Å²) in [5, 5.41) is 9.19. The van der Waals surface area contributed by atoms with Crippen molar-refractivity contribution in [2.24, 2.45) is 4.99 Å². The van der Waals surface area contributed by atoms with Crippen LogP contribution in [0.25, 0.3) is 0 Å². The molecule has 4 nitrogen and oxygen atoms in total. The SMILES string of the molecule is CN(C)C1=NC(C(F)(F)F)NC(=N)C1. The fourth-order valence-electron chi connectivity index (χ4n) is 1.03. The van der Waals surface area contributed by atoms with E-state index < -0.39 is 12.3 Å². The molecule has 0 saturated carbocycles. The van der Waals surface area contributed by atoms with Crippen molar-refractivity contribution >= 4 is 11.7 Å². The van der Waals surface area contributed by atoms with Crippen molar-refractivity contribution in [2.45, 2.75) is 18.8 Å². The Morgan fingerprint density at radius 2 is 2.07 bits per heavy atom. The molecule has 1 aliphatic heterocycles. The van der Waals surface area contributed by atoms with Crippen LogP contribution in [0, 0.1) is 5.41 Å². The Hall–Kier alpha value is -1.27. The predicted octanol–water partition coefficient (Wildman–Crippen LogP) is 0.805. The molecule has 1 unspecified atom stereocenters. The van der Waals surface area contributed by atoms with Crippen molar-refractivity contribution in [1.29, 1.82) is 5.41 Å². The molecule has 0 amide bonds. The lowest BCUT2D eigenvalue weighted by Crippen LogP contribution is -2.50. The highest BCUT2D eigenvalue weighted by Crippen LogP contribution is 2.23. The van der Waals surface area contributed by atoms with E-state index in [1.54, 1.807) is 14.1 Å². The molecular weight excluding hydrogens is 197 g/mol. The van der Waals surface area contributed by atoms with Crippen molar-refractivity contribution in [3.63, 3.8) is 0 Å². The largest absolute Gasteiger partial charge is 0.429 e. The summed E-state index contributed by atoms with van der Waals surface area (Å²) in [5.41, 5.74) is 0. The summed E-state index contributed by atoms with van der Waals surface area (Å²) in [6.07, 6.45) is -6.32. The maximum absolute atomic E-state index is 12.3. The minimum atomic E-state index is -4.45. The quantitative estimate of drug-likeness (QED) is 0.618. The zero-order valence-electron chi connectivity index (χ0n) is 7.81. The van der Waals surface area contributed by atoms with Gasteiger partial charge in [0.25, 0.3) is 0 Å². The maximum atomic E-state index is 12.3. The monoisotopic (exact) mass is 208 g/mol. The van der Waals surface area contributed by atoms with Crippen LogP contribution < -0.4 is 5.32 Å². The van der Waals surface area contributed by atoms with Crippen molar-refractivity contribution in [1.82, 2.24) is 10.2 Å². The molecule has 80 valence electrons. The van der Waals surface area contributed by atoms with Crippen molar-refractivity contribution in [3.05, 3.63) is 0 Å². The molecule has 0 aromatic rings. The van der Waals surface area contributed by atoms with E-state index in [9.17, 15) is 13.2 Å². The molecule has 0 aromatic heterocycles. The highest BCUT2D eigenvalue weighted by molar-refractivity contribution is 6.02. The lowest BCUT2D eigenvalue weighted by atomic mass is 10.2. The van der Waals surface area contributed by atoms with Gasteiger partial charge in [-0.05, 0) is 0 Å². The zero-order valence-corrected chi connectivity index (χ0v) is 7.81. The van der Waals surface area contributed by atoms with Crippen LogP contribution in [0.5, 0.6) is 0 Å². The van der Waals surface area contributed by atoms with Crippen LogP contribution in [0.15, 0.2) is 4.99 Å². The van der Waals surface area contributed by atoms with Gasteiger partial charge in [-0.2, -0.15) is 13.2 Å². The lowest BCUT2D eigenvalue weighted by molar-refractivity contribution is -0.150. The fraction of sp³-hybridized carbons (Fsp3) is 0.714. The van der Waals surface area contributed by atoms with E-state index in [0.717, 1.165) is 0 Å². The molecule has 1 heterocycles. The molecule has 1 aliphatic rings. The van der Waals surface area contributed by atoms with E-state index in [4.69, 9.17) is 5.41 Å². The molecule has 0 saturated heterocycles. The van der Waals surface area contributed by atoms with Gasteiger partial charge >= 0.3 is 6.18 Å². The Labute approximate surface area is 79.3 Å². The molecule has 1 atom stereocenters. The number of rotatable bonds is 0. The Morgan fingerprint density at radius 3 is 2.50 bits per heavy atom. The first-order valence-corrected chi connectivity index (χ1v) is 3.95. The zero-order chi connectivity index (χ0) is 10.9. The smallest absolute Gasteiger partial charge is 0.366 e. The summed E-state index contributed by atoms with van der Waals surface area (Å²) in [5.74, 6) is 0.0992. The summed E-state index contributed by atoms with van der Waals surface area (Å²) in [4.78, 5) is 4.95. The Morgan fingerprint density at radius 1 is 1.50 bits per heavy atom. The number of amidine groups is 2. The normalized spacial score (nSPS) is 22.8. The van der Waals surface area contributed by atoms with Gasteiger partial charge in [-0.1, -0.05) is 0 Å². The standard InChI is InChI=1S/C7H11F3N4/c1-14(2)5-3-4(11)12-6(13-5)7(8,9)10/h6H,3H2,1-2H3,(H2,11,12). The highest BCUT2D eigenvalue weighted by Gasteiger charge is 2.42. The van der Waals surface area contributed by atoms with E-state index >= 15 is 0 Å². The van der Waals surface area contributed by atoms with Crippen molar-refractivity contribution in [2.75, 3.05) is 14.1 Å². The maximum Gasteiger partial charge on any atom is 0.429 e. The van der Waals surface area contributed by atoms with E-state index in [2.05, 4.69) is 4.99 Å². The molecule has 0 fully saturated rings. The van der Waals surface area contributed by atoms with E-state index in [0.29, 0.717) is 0 Å². The molecule has 14 heavy (non-hydrogen) atoms. The number of aliphatic imine (C=N–C) groups is 1. The van der Waals surface area contributed by atoms with Gasteiger partial charge < -0.3 is 10.2 Å². The highest BCUT2D eigenvalue weighted by atomic mass is 19.4. The second-order valence-electron chi connectivity index (χ2n) is 3.18. The molecule has 2 N–H and O–H groups in total. The van der Waals surface area contributed by atoms with E-state index in [1.807, 2.05) is 5.32 Å². The molecule has 1 rings (SSSR count). The first-order valence-electron chi connectivity index (χ1n) is 3.95. The third kappa shape index (κ3) is 2.36. The van der Waals surface area contributed by atoms with Crippen LogP contribution in [0.4, 0.5) is 13.2 Å². The van der Waals surface area contributed by atoms with Crippen LogP contribution in [-0.4, -0.2) is 43.0 Å². The Balaban J connectivity index is 2.89. The molecule has 7 heteroatoms. The van der Waals surface area contributed by atoms with Crippen LogP contribution in [0.2, 0.25) is 0 Å². The third-order valence-corrected chi connectivity index (χ3v) is 1.75. The van der Waals surface area contributed by atoms with E-state index in [-0.39, 0.29) is 18.1 Å². The van der Waals surface area contributed by atoms with Crippen LogP contribution in [0.1, 0.15) is 6.42 Å². The number of alkyl halides is 3. The average Bonchev–Trinajstić information content (AvgIpc) is 2.01. The summed E-state index contributed by atoms with van der Waals surface area (Å²) in [6, 6.07) is 0. The molecule has 0 spiro atoms. The summed E-state index contributed by atoms with van der Waals surface area (Å²) in [7, 11) is 3.20. The predicted molar refractivity (Wildman–Crippen MR) is 46.4 cm³/mol. The summed E-state index contributed by atoms with van der Waals surface area (Å²) >= 11 is 0. The van der Waals surface area contributed by atoms with Gasteiger partial charge in [0.05, 0.1) is 6.42 Å². The number of halogens is 3.